The van der Waals surface area contributed by atoms with Gasteiger partial charge in [-0.05, 0) is 70.6 Å². The van der Waals surface area contributed by atoms with Crippen molar-refractivity contribution in [1.82, 2.24) is 9.62 Å². The van der Waals surface area contributed by atoms with Crippen molar-refractivity contribution in [2.45, 2.75) is 12.3 Å². The minimum Gasteiger partial charge on any atom is -0.490 e. The first-order chi connectivity index (χ1) is 19.7. The Kier molecular flexibility index (Phi) is 9.56. The van der Waals surface area contributed by atoms with Crippen LogP contribution in [0, 0.1) is 0 Å². The van der Waals surface area contributed by atoms with E-state index in [9.17, 15) is 4.79 Å². The second-order valence-electron chi connectivity index (χ2n) is 9.80. The molecule has 4 aromatic carbocycles. The standard InChI is InChI=1S/C34H35N3O2S/c1-2-24-39-32-18-14-28(15-19-32)33-11-7-6-10-30(33)25-36-20-22-37(23-21-36)31-16-12-29(13-17-31)34(38)35-40-26-27-8-4-3-5-9-27/h2-19H,1,20-26H2,(H,35,38). The van der Waals surface area contributed by atoms with Gasteiger partial charge >= 0.3 is 0 Å². The first kappa shape index (κ1) is 27.6. The highest BCUT2D eigenvalue weighted by molar-refractivity contribution is 7.97. The molecule has 204 valence electrons. The van der Waals surface area contributed by atoms with E-state index in [1.807, 2.05) is 42.5 Å². The fourth-order valence-corrected chi connectivity index (χ4v) is 5.55. The number of hydrogen-bond acceptors (Lipinski definition) is 5. The molecule has 0 saturated carbocycles. The molecule has 6 heteroatoms. The molecule has 1 N–H and O–H groups in total. The van der Waals surface area contributed by atoms with Crippen LogP contribution in [-0.4, -0.2) is 43.6 Å². The molecule has 5 nitrogen and oxygen atoms in total. The highest BCUT2D eigenvalue weighted by Gasteiger charge is 2.19. The van der Waals surface area contributed by atoms with Crippen LogP contribution < -0.4 is 14.4 Å². The summed E-state index contributed by atoms with van der Waals surface area (Å²) >= 11 is 1.42. The molecule has 4 aromatic rings. The maximum Gasteiger partial charge on any atom is 0.261 e. The molecule has 1 fully saturated rings. The number of benzene rings is 4. The van der Waals surface area contributed by atoms with Crippen LogP contribution in [0.15, 0.2) is 116 Å². The van der Waals surface area contributed by atoms with Gasteiger partial charge in [-0.2, -0.15) is 0 Å². The molecule has 40 heavy (non-hydrogen) atoms. The Labute approximate surface area is 241 Å². The summed E-state index contributed by atoms with van der Waals surface area (Å²) < 4.78 is 8.59. The highest BCUT2D eigenvalue weighted by atomic mass is 32.2. The third-order valence-electron chi connectivity index (χ3n) is 7.06. The zero-order valence-corrected chi connectivity index (χ0v) is 23.5. The summed E-state index contributed by atoms with van der Waals surface area (Å²) in [7, 11) is 0. The van der Waals surface area contributed by atoms with Crippen LogP contribution in [0.4, 0.5) is 5.69 Å². The lowest BCUT2D eigenvalue weighted by molar-refractivity contribution is 0.0984. The molecule has 0 atom stereocenters. The number of amides is 1. The number of rotatable bonds is 11. The molecule has 1 heterocycles. The SMILES string of the molecule is C=CCOc1ccc(-c2ccccc2CN2CCN(c3ccc(C(=O)NSCc4ccccc4)cc3)CC2)cc1. The second kappa shape index (κ2) is 13.9. The summed E-state index contributed by atoms with van der Waals surface area (Å²) in [5, 5.41) is 0. The van der Waals surface area contributed by atoms with Crippen molar-refractivity contribution in [2.75, 3.05) is 37.7 Å². The second-order valence-corrected chi connectivity index (χ2v) is 10.6. The first-order valence-corrected chi connectivity index (χ1v) is 14.6. The van der Waals surface area contributed by atoms with Crippen molar-refractivity contribution in [3.63, 3.8) is 0 Å². The monoisotopic (exact) mass is 549 g/mol. The van der Waals surface area contributed by atoms with Gasteiger partial charge in [0, 0.05) is 49.7 Å². The van der Waals surface area contributed by atoms with Crippen molar-refractivity contribution in [3.8, 4) is 16.9 Å². The largest absolute Gasteiger partial charge is 0.490 e. The van der Waals surface area contributed by atoms with Gasteiger partial charge in [0.2, 0.25) is 0 Å². The number of nitrogens with zero attached hydrogens (tertiary/aromatic N) is 2. The molecule has 0 bridgehead atoms. The minimum absolute atomic E-state index is 0.0603. The van der Waals surface area contributed by atoms with E-state index in [0.29, 0.717) is 12.2 Å². The van der Waals surface area contributed by atoms with Gasteiger partial charge in [-0.15, -0.1) is 0 Å². The van der Waals surface area contributed by atoms with Gasteiger partial charge in [-0.1, -0.05) is 79.4 Å². The van der Waals surface area contributed by atoms with E-state index >= 15 is 0 Å². The molecular weight excluding hydrogens is 514 g/mol. The number of nitrogens with one attached hydrogen (secondary N) is 1. The Bertz CT molecular complexity index is 1380. The summed E-state index contributed by atoms with van der Waals surface area (Å²) in [4.78, 5) is 17.5. The molecule has 0 aliphatic carbocycles. The smallest absolute Gasteiger partial charge is 0.261 e. The lowest BCUT2D eigenvalue weighted by atomic mass is 9.99. The van der Waals surface area contributed by atoms with E-state index in [-0.39, 0.29) is 5.91 Å². The van der Waals surface area contributed by atoms with Crippen LogP contribution in [0.2, 0.25) is 0 Å². The topological polar surface area (TPSA) is 44.8 Å². The third-order valence-corrected chi connectivity index (χ3v) is 7.87. The lowest BCUT2D eigenvalue weighted by Gasteiger charge is -2.36. The number of carbonyl (C=O) groups is 1. The zero-order valence-electron chi connectivity index (χ0n) is 22.7. The summed E-state index contributed by atoms with van der Waals surface area (Å²) in [5.74, 6) is 1.54. The molecular formula is C34H35N3O2S. The summed E-state index contributed by atoms with van der Waals surface area (Å²) in [5.41, 5.74) is 6.82. The Morgan fingerprint density at radius 2 is 1.55 bits per heavy atom. The maximum atomic E-state index is 12.6. The average Bonchev–Trinajstić information content (AvgIpc) is 3.01. The third kappa shape index (κ3) is 7.34. The average molecular weight is 550 g/mol. The van der Waals surface area contributed by atoms with E-state index in [0.717, 1.165) is 49.9 Å². The molecule has 1 saturated heterocycles. The molecule has 1 aliphatic rings. The quantitative estimate of drug-likeness (QED) is 0.164. The van der Waals surface area contributed by atoms with Gasteiger partial charge in [0.25, 0.3) is 5.91 Å². The van der Waals surface area contributed by atoms with Gasteiger partial charge in [-0.25, -0.2) is 0 Å². The molecule has 5 rings (SSSR count). The van der Waals surface area contributed by atoms with Crippen LogP contribution in [0.5, 0.6) is 5.75 Å². The van der Waals surface area contributed by atoms with Gasteiger partial charge in [-0.3, -0.25) is 14.4 Å². The highest BCUT2D eigenvalue weighted by Crippen LogP contribution is 2.27. The summed E-state index contributed by atoms with van der Waals surface area (Å²) in [6.07, 6.45) is 1.75. The van der Waals surface area contributed by atoms with Crippen molar-refractivity contribution in [1.29, 1.82) is 0 Å². The molecule has 0 aromatic heterocycles. The van der Waals surface area contributed by atoms with Crippen molar-refractivity contribution >= 4 is 23.5 Å². The zero-order chi connectivity index (χ0) is 27.6. The van der Waals surface area contributed by atoms with Crippen LogP contribution in [0.1, 0.15) is 21.5 Å². The molecule has 1 aliphatic heterocycles. The molecule has 0 radical (unpaired) electrons. The number of ether oxygens (including phenoxy) is 1. The number of anilines is 1. The fraction of sp³-hybridized carbons (Fsp3) is 0.206. The van der Waals surface area contributed by atoms with E-state index in [4.69, 9.17) is 4.74 Å². The molecule has 0 spiro atoms. The predicted octanol–water partition coefficient (Wildman–Crippen LogP) is 6.82. The first-order valence-electron chi connectivity index (χ1n) is 13.6. The van der Waals surface area contributed by atoms with E-state index in [1.54, 1.807) is 6.08 Å². The Morgan fingerprint density at radius 1 is 0.850 bits per heavy atom. The predicted molar refractivity (Wildman–Crippen MR) is 167 cm³/mol. The van der Waals surface area contributed by atoms with E-state index in [2.05, 4.69) is 81.8 Å². The number of piperazine rings is 1. The lowest BCUT2D eigenvalue weighted by Crippen LogP contribution is -2.46. The Balaban J connectivity index is 1.12. The minimum atomic E-state index is -0.0603. The van der Waals surface area contributed by atoms with Gasteiger partial charge < -0.3 is 9.64 Å². The van der Waals surface area contributed by atoms with Crippen LogP contribution in [0.3, 0.4) is 0 Å². The van der Waals surface area contributed by atoms with Crippen molar-refractivity contribution < 1.29 is 9.53 Å². The summed E-state index contributed by atoms with van der Waals surface area (Å²) in [6, 6.07) is 35.0. The van der Waals surface area contributed by atoms with Crippen molar-refractivity contribution in [3.05, 3.63) is 132 Å². The van der Waals surface area contributed by atoms with Gasteiger partial charge in [0.05, 0.1) is 0 Å². The maximum absolute atomic E-state index is 12.6. The Hall–Kier alpha value is -4.00. The van der Waals surface area contributed by atoms with Crippen LogP contribution in [0.25, 0.3) is 11.1 Å². The number of hydrogen-bond donors (Lipinski definition) is 1. The van der Waals surface area contributed by atoms with E-state index < -0.39 is 0 Å². The Morgan fingerprint density at radius 3 is 2.27 bits per heavy atom. The van der Waals surface area contributed by atoms with E-state index in [1.165, 1.54) is 34.2 Å². The van der Waals surface area contributed by atoms with Gasteiger partial charge in [0.1, 0.15) is 12.4 Å². The fourth-order valence-electron chi connectivity index (χ4n) is 4.87. The molecule has 0 unspecified atom stereocenters. The van der Waals surface area contributed by atoms with Crippen LogP contribution in [-0.2, 0) is 12.3 Å². The normalized spacial score (nSPS) is 13.6. The van der Waals surface area contributed by atoms with Gasteiger partial charge in [0.15, 0.2) is 0 Å². The summed E-state index contributed by atoms with van der Waals surface area (Å²) in [6.45, 7) is 9.02. The van der Waals surface area contributed by atoms with Crippen LogP contribution >= 0.6 is 11.9 Å². The van der Waals surface area contributed by atoms with Crippen molar-refractivity contribution in [2.24, 2.45) is 0 Å². The molecule has 1 amide bonds. The number of carbonyl (C=O) groups excluding carboxylic acids is 1.